The molecule has 102 valence electrons. The van der Waals surface area contributed by atoms with Gasteiger partial charge >= 0.3 is 0 Å². The Labute approximate surface area is 125 Å². The summed E-state index contributed by atoms with van der Waals surface area (Å²) in [5.74, 6) is 0.517. The minimum absolute atomic E-state index is 0.0363. The van der Waals surface area contributed by atoms with Crippen LogP contribution in [0.25, 0.3) is 16.9 Å². The lowest BCUT2D eigenvalue weighted by molar-refractivity contribution is 0.282. The number of nitrogen functional groups attached to an aromatic ring is 1. The van der Waals surface area contributed by atoms with E-state index < -0.39 is 0 Å². The smallest absolute Gasteiger partial charge is 0.139 e. The van der Waals surface area contributed by atoms with Gasteiger partial charge in [0.2, 0.25) is 0 Å². The van der Waals surface area contributed by atoms with Crippen molar-refractivity contribution in [3.05, 3.63) is 52.1 Å². The molecule has 0 saturated heterocycles. The Bertz CT molecular complexity index is 798. The number of hydrogen-bond donors (Lipinski definition) is 2. The van der Waals surface area contributed by atoms with Gasteiger partial charge in [-0.3, -0.25) is 4.40 Å². The monoisotopic (exact) mass is 307 g/mol. The van der Waals surface area contributed by atoms with Crippen LogP contribution in [0.3, 0.4) is 0 Å². The molecule has 3 rings (SSSR count). The van der Waals surface area contributed by atoms with Gasteiger partial charge in [0, 0.05) is 11.8 Å². The first-order valence-corrected chi connectivity index (χ1v) is 6.68. The molecular weight excluding hydrogens is 297 g/mol. The highest BCUT2D eigenvalue weighted by Gasteiger charge is 2.12. The molecule has 4 nitrogen and oxygen atoms in total. The third-order valence-corrected chi connectivity index (χ3v) is 3.84. The number of nitrogens with zero attached hydrogens (tertiary/aromatic N) is 2. The summed E-state index contributed by atoms with van der Waals surface area (Å²) in [6, 6.07) is 8.84. The number of nitrogens with two attached hydrogens (primary N) is 1. The number of aliphatic hydroxyl groups is 1. The van der Waals surface area contributed by atoms with Crippen LogP contribution in [0.15, 0.2) is 36.5 Å². The van der Waals surface area contributed by atoms with Crippen molar-refractivity contribution in [1.82, 2.24) is 9.38 Å². The first-order valence-electron chi connectivity index (χ1n) is 5.93. The van der Waals surface area contributed by atoms with E-state index in [0.717, 1.165) is 11.1 Å². The average molecular weight is 308 g/mol. The Morgan fingerprint density at radius 3 is 2.65 bits per heavy atom. The fourth-order valence-electron chi connectivity index (χ4n) is 2.06. The molecule has 0 saturated carbocycles. The maximum Gasteiger partial charge on any atom is 0.139 e. The van der Waals surface area contributed by atoms with Crippen LogP contribution in [0.1, 0.15) is 5.56 Å². The molecule has 0 radical (unpaired) electrons. The highest BCUT2D eigenvalue weighted by atomic mass is 35.5. The molecule has 1 aromatic carbocycles. The van der Waals surface area contributed by atoms with Crippen LogP contribution < -0.4 is 5.73 Å². The SMILES string of the molecule is Nc1c(-c2ccc(Cl)c(Cl)c2)nc2cc(CO)ccn12. The van der Waals surface area contributed by atoms with Gasteiger partial charge in [0.1, 0.15) is 17.2 Å². The van der Waals surface area contributed by atoms with Crippen molar-refractivity contribution >= 4 is 34.7 Å². The number of rotatable bonds is 2. The summed E-state index contributed by atoms with van der Waals surface area (Å²) in [5.41, 5.74) is 9.00. The predicted molar refractivity (Wildman–Crippen MR) is 81.0 cm³/mol. The second-order valence-corrected chi connectivity index (χ2v) is 5.21. The fourth-order valence-corrected chi connectivity index (χ4v) is 2.36. The van der Waals surface area contributed by atoms with Gasteiger partial charge in [0.05, 0.1) is 16.7 Å². The summed E-state index contributed by atoms with van der Waals surface area (Å²) in [5, 5.41) is 10.1. The molecule has 3 N–H and O–H groups in total. The Morgan fingerprint density at radius 1 is 1.15 bits per heavy atom. The number of pyridine rings is 1. The quantitative estimate of drug-likeness (QED) is 0.763. The van der Waals surface area contributed by atoms with Crippen LogP contribution in [0.5, 0.6) is 0 Å². The van der Waals surface area contributed by atoms with Crippen molar-refractivity contribution in [3.8, 4) is 11.3 Å². The van der Waals surface area contributed by atoms with E-state index in [1.165, 1.54) is 0 Å². The van der Waals surface area contributed by atoms with Crippen molar-refractivity contribution in [1.29, 1.82) is 0 Å². The summed E-state index contributed by atoms with van der Waals surface area (Å²) >= 11 is 11.9. The highest BCUT2D eigenvalue weighted by molar-refractivity contribution is 6.42. The zero-order valence-electron chi connectivity index (χ0n) is 10.3. The second kappa shape index (κ2) is 4.98. The van der Waals surface area contributed by atoms with E-state index >= 15 is 0 Å². The van der Waals surface area contributed by atoms with Crippen molar-refractivity contribution in [2.45, 2.75) is 6.61 Å². The Balaban J connectivity index is 2.20. The van der Waals surface area contributed by atoms with E-state index in [1.807, 2.05) is 6.07 Å². The summed E-state index contributed by atoms with van der Waals surface area (Å²) < 4.78 is 1.76. The molecule has 0 bridgehead atoms. The highest BCUT2D eigenvalue weighted by Crippen LogP contribution is 2.31. The number of anilines is 1. The third-order valence-electron chi connectivity index (χ3n) is 3.10. The molecular formula is C14H11Cl2N3O. The maximum absolute atomic E-state index is 9.16. The largest absolute Gasteiger partial charge is 0.392 e. The summed E-state index contributed by atoms with van der Waals surface area (Å²) in [7, 11) is 0. The van der Waals surface area contributed by atoms with E-state index in [4.69, 9.17) is 34.0 Å². The maximum atomic E-state index is 9.16. The van der Waals surface area contributed by atoms with Crippen molar-refractivity contribution in [2.75, 3.05) is 5.73 Å². The number of aromatic nitrogens is 2. The lowest BCUT2D eigenvalue weighted by Gasteiger charge is -2.01. The molecule has 2 aromatic heterocycles. The number of imidazole rings is 1. The first kappa shape index (κ1) is 13.2. The molecule has 0 aliphatic heterocycles. The normalized spacial score (nSPS) is 11.2. The van der Waals surface area contributed by atoms with Gasteiger partial charge in [-0.25, -0.2) is 4.98 Å². The number of fused-ring (bicyclic) bond motifs is 1. The molecule has 20 heavy (non-hydrogen) atoms. The van der Waals surface area contributed by atoms with Gasteiger partial charge in [-0.1, -0.05) is 29.3 Å². The van der Waals surface area contributed by atoms with Crippen LogP contribution >= 0.6 is 23.2 Å². The standard InChI is InChI=1S/C14H11Cl2N3O/c15-10-2-1-9(6-11(10)16)13-14(17)19-4-3-8(7-20)5-12(19)18-13/h1-6,20H,7,17H2. The molecule has 0 amide bonds. The number of aliphatic hydroxyl groups excluding tert-OH is 1. The first-order chi connectivity index (χ1) is 9.60. The van der Waals surface area contributed by atoms with E-state index in [2.05, 4.69) is 4.98 Å². The fraction of sp³-hybridized carbons (Fsp3) is 0.0714. The van der Waals surface area contributed by atoms with Gasteiger partial charge in [-0.15, -0.1) is 0 Å². The lowest BCUT2D eigenvalue weighted by Crippen LogP contribution is -1.95. The number of benzene rings is 1. The number of hydrogen-bond acceptors (Lipinski definition) is 3. The summed E-state index contributed by atoms with van der Waals surface area (Å²) in [4.78, 5) is 4.49. The molecule has 0 atom stereocenters. The zero-order valence-corrected chi connectivity index (χ0v) is 11.9. The lowest BCUT2D eigenvalue weighted by atomic mass is 10.1. The molecule has 3 aromatic rings. The molecule has 0 spiro atoms. The third kappa shape index (κ3) is 2.12. The van der Waals surface area contributed by atoms with Crippen LogP contribution in [-0.4, -0.2) is 14.5 Å². The molecule has 0 aliphatic carbocycles. The van der Waals surface area contributed by atoms with Crippen molar-refractivity contribution < 1.29 is 5.11 Å². The van der Waals surface area contributed by atoms with Gasteiger partial charge in [-0.2, -0.15) is 0 Å². The van der Waals surface area contributed by atoms with E-state index in [1.54, 1.807) is 34.9 Å². The van der Waals surface area contributed by atoms with Crippen molar-refractivity contribution in [2.24, 2.45) is 0 Å². The van der Waals surface area contributed by atoms with Gasteiger partial charge in [-0.05, 0) is 29.8 Å². The van der Waals surface area contributed by atoms with E-state index in [0.29, 0.717) is 27.2 Å². The zero-order chi connectivity index (χ0) is 14.3. The summed E-state index contributed by atoms with van der Waals surface area (Å²) in [6.07, 6.45) is 1.78. The minimum atomic E-state index is -0.0363. The van der Waals surface area contributed by atoms with Crippen molar-refractivity contribution in [3.63, 3.8) is 0 Å². The Kier molecular flexibility index (Phi) is 3.30. The predicted octanol–water partition coefficient (Wildman–Crippen LogP) is 3.38. The Morgan fingerprint density at radius 2 is 1.95 bits per heavy atom. The van der Waals surface area contributed by atoms with Gasteiger partial charge < -0.3 is 10.8 Å². The topological polar surface area (TPSA) is 63.5 Å². The van der Waals surface area contributed by atoms with Crippen LogP contribution in [0, 0.1) is 0 Å². The van der Waals surface area contributed by atoms with E-state index in [-0.39, 0.29) is 6.61 Å². The Hall–Kier alpha value is -1.75. The molecule has 0 fully saturated rings. The molecule has 6 heteroatoms. The summed E-state index contributed by atoms with van der Waals surface area (Å²) in [6.45, 7) is -0.0363. The molecule has 0 aliphatic rings. The van der Waals surface area contributed by atoms with Gasteiger partial charge in [0.15, 0.2) is 0 Å². The van der Waals surface area contributed by atoms with E-state index in [9.17, 15) is 0 Å². The van der Waals surface area contributed by atoms with Crippen LogP contribution in [0.2, 0.25) is 10.0 Å². The van der Waals surface area contributed by atoms with Crippen LogP contribution in [-0.2, 0) is 6.61 Å². The minimum Gasteiger partial charge on any atom is -0.392 e. The second-order valence-electron chi connectivity index (χ2n) is 4.40. The molecule has 0 unspecified atom stereocenters. The number of halogens is 2. The average Bonchev–Trinajstić information content (AvgIpc) is 2.78. The molecule has 2 heterocycles. The van der Waals surface area contributed by atoms with Crippen LogP contribution in [0.4, 0.5) is 5.82 Å². The van der Waals surface area contributed by atoms with Gasteiger partial charge in [0.25, 0.3) is 0 Å².